The first-order chi connectivity index (χ1) is 8.09. The summed E-state index contributed by atoms with van der Waals surface area (Å²) in [4.78, 5) is 14.9. The third kappa shape index (κ3) is 5.19. The zero-order chi connectivity index (χ0) is 12.7. The first-order valence-electron chi connectivity index (χ1n) is 5.69. The Kier molecular flexibility index (Phi) is 5.26. The van der Waals surface area contributed by atoms with Crippen LogP contribution >= 0.6 is 0 Å². The van der Waals surface area contributed by atoms with Gasteiger partial charge in [0.25, 0.3) is 0 Å². The highest BCUT2D eigenvalue weighted by Crippen LogP contribution is 2.21. The van der Waals surface area contributed by atoms with Gasteiger partial charge in [0, 0.05) is 26.2 Å². The highest BCUT2D eigenvalue weighted by molar-refractivity contribution is 5.72. The van der Waals surface area contributed by atoms with Gasteiger partial charge < -0.3 is 15.4 Å². The molecule has 1 rings (SSSR count). The molecule has 0 spiro atoms. The normalized spacial score (nSPS) is 10.1. The fraction of sp³-hybridized carbons (Fsp3) is 0.500. The minimum atomic E-state index is -0.0357. The number of carbonyl (C=O) groups excluding carboxylic acids is 1. The van der Waals surface area contributed by atoms with Gasteiger partial charge in [-0.1, -0.05) is 0 Å². The Balaban J connectivity index is 2.49. The van der Waals surface area contributed by atoms with Gasteiger partial charge in [0.1, 0.15) is 0 Å². The molecule has 0 aliphatic heterocycles. The lowest BCUT2D eigenvalue weighted by atomic mass is 10.4. The molecule has 0 unspecified atom stereocenters. The Morgan fingerprint density at radius 3 is 2.88 bits per heavy atom. The van der Waals surface area contributed by atoms with E-state index in [-0.39, 0.29) is 12.0 Å². The van der Waals surface area contributed by atoms with Crippen LogP contribution in [0, 0.1) is 0 Å². The maximum atomic E-state index is 10.7. The fourth-order valence-electron chi connectivity index (χ4n) is 1.29. The van der Waals surface area contributed by atoms with Crippen molar-refractivity contribution < 1.29 is 9.53 Å². The lowest BCUT2D eigenvalue weighted by Gasteiger charge is -2.14. The van der Waals surface area contributed by atoms with Crippen LogP contribution in [0.25, 0.3) is 0 Å². The number of ether oxygens (including phenoxy) is 1. The molecule has 0 aliphatic carbocycles. The van der Waals surface area contributed by atoms with Crippen molar-refractivity contribution in [3.63, 3.8) is 0 Å². The standard InChI is InChI=1S/C12H19N3O2/c1-9(2)17-11-5-4-6-14-12(11)15-8-7-13-10(3)16/h4-6,9H,7-8H2,1-3H3,(H,13,16)(H,14,15). The van der Waals surface area contributed by atoms with Crippen molar-refractivity contribution >= 4 is 11.7 Å². The number of anilines is 1. The topological polar surface area (TPSA) is 63.2 Å². The van der Waals surface area contributed by atoms with Crippen LogP contribution in [0.1, 0.15) is 20.8 Å². The van der Waals surface area contributed by atoms with E-state index in [1.807, 2.05) is 26.0 Å². The molecule has 1 aromatic heterocycles. The van der Waals surface area contributed by atoms with Gasteiger partial charge in [0.05, 0.1) is 6.10 Å². The summed E-state index contributed by atoms with van der Waals surface area (Å²) < 4.78 is 5.61. The molecule has 0 saturated heterocycles. The van der Waals surface area contributed by atoms with Crippen LogP contribution < -0.4 is 15.4 Å². The molecule has 1 aromatic rings. The molecular formula is C12H19N3O2. The number of hydrogen-bond acceptors (Lipinski definition) is 4. The summed E-state index contributed by atoms with van der Waals surface area (Å²) in [6.45, 7) is 6.61. The third-order valence-corrected chi connectivity index (χ3v) is 1.92. The highest BCUT2D eigenvalue weighted by Gasteiger charge is 2.05. The molecule has 0 aliphatic rings. The molecule has 17 heavy (non-hydrogen) atoms. The zero-order valence-corrected chi connectivity index (χ0v) is 10.5. The number of nitrogens with zero attached hydrogens (tertiary/aromatic N) is 1. The van der Waals surface area contributed by atoms with Gasteiger partial charge in [-0.25, -0.2) is 4.98 Å². The number of hydrogen-bond donors (Lipinski definition) is 2. The largest absolute Gasteiger partial charge is 0.487 e. The monoisotopic (exact) mass is 237 g/mol. The van der Waals surface area contributed by atoms with Crippen molar-refractivity contribution in [1.29, 1.82) is 0 Å². The van der Waals surface area contributed by atoms with E-state index in [9.17, 15) is 4.79 Å². The Morgan fingerprint density at radius 1 is 1.47 bits per heavy atom. The minimum absolute atomic E-state index is 0.0357. The molecule has 1 heterocycles. The third-order valence-electron chi connectivity index (χ3n) is 1.92. The second-order valence-corrected chi connectivity index (χ2v) is 3.93. The van der Waals surface area contributed by atoms with E-state index in [2.05, 4.69) is 15.6 Å². The Labute approximate surface area is 102 Å². The molecule has 1 amide bonds. The summed E-state index contributed by atoms with van der Waals surface area (Å²) in [5.74, 6) is 1.39. The molecule has 0 saturated carbocycles. The van der Waals surface area contributed by atoms with E-state index in [4.69, 9.17) is 4.74 Å². The summed E-state index contributed by atoms with van der Waals surface area (Å²) in [5.41, 5.74) is 0. The summed E-state index contributed by atoms with van der Waals surface area (Å²) >= 11 is 0. The number of rotatable bonds is 6. The van der Waals surface area contributed by atoms with Crippen LogP contribution in [0.15, 0.2) is 18.3 Å². The van der Waals surface area contributed by atoms with Crippen LogP contribution in [0.4, 0.5) is 5.82 Å². The molecule has 2 N–H and O–H groups in total. The molecule has 0 bridgehead atoms. The second kappa shape index (κ2) is 6.73. The Hall–Kier alpha value is -1.78. The molecule has 0 radical (unpaired) electrons. The number of pyridine rings is 1. The van der Waals surface area contributed by atoms with Gasteiger partial charge in [0.15, 0.2) is 11.6 Å². The average Bonchev–Trinajstić information content (AvgIpc) is 2.25. The number of amides is 1. The van der Waals surface area contributed by atoms with Crippen LogP contribution in [0.3, 0.4) is 0 Å². The first-order valence-corrected chi connectivity index (χ1v) is 5.69. The smallest absolute Gasteiger partial charge is 0.216 e. The quantitative estimate of drug-likeness (QED) is 0.734. The molecule has 5 nitrogen and oxygen atoms in total. The van der Waals surface area contributed by atoms with E-state index in [0.717, 1.165) is 5.75 Å². The maximum Gasteiger partial charge on any atom is 0.216 e. The number of carbonyl (C=O) groups is 1. The SMILES string of the molecule is CC(=O)NCCNc1ncccc1OC(C)C. The maximum absolute atomic E-state index is 10.7. The second-order valence-electron chi connectivity index (χ2n) is 3.93. The lowest BCUT2D eigenvalue weighted by molar-refractivity contribution is -0.118. The van der Waals surface area contributed by atoms with Gasteiger partial charge in [-0.2, -0.15) is 0 Å². The predicted molar refractivity (Wildman–Crippen MR) is 67.2 cm³/mol. The fourth-order valence-corrected chi connectivity index (χ4v) is 1.29. The lowest BCUT2D eigenvalue weighted by Crippen LogP contribution is -2.26. The van der Waals surface area contributed by atoms with E-state index in [0.29, 0.717) is 18.9 Å². The molecule has 0 aromatic carbocycles. The van der Waals surface area contributed by atoms with Gasteiger partial charge in [-0.05, 0) is 26.0 Å². The van der Waals surface area contributed by atoms with Gasteiger partial charge in [-0.15, -0.1) is 0 Å². The van der Waals surface area contributed by atoms with Gasteiger partial charge >= 0.3 is 0 Å². The molecule has 94 valence electrons. The average molecular weight is 237 g/mol. The van der Waals surface area contributed by atoms with Gasteiger partial charge in [0.2, 0.25) is 5.91 Å². The van der Waals surface area contributed by atoms with Crippen molar-refractivity contribution in [3.05, 3.63) is 18.3 Å². The summed E-state index contributed by atoms with van der Waals surface area (Å²) in [6, 6.07) is 3.70. The zero-order valence-electron chi connectivity index (χ0n) is 10.5. The first kappa shape index (κ1) is 13.3. The minimum Gasteiger partial charge on any atom is -0.487 e. The Bertz CT molecular complexity index is 367. The van der Waals surface area contributed by atoms with Crippen LogP contribution in [-0.4, -0.2) is 30.1 Å². The molecule has 0 atom stereocenters. The van der Waals surface area contributed by atoms with Crippen molar-refractivity contribution in [3.8, 4) is 5.75 Å². The van der Waals surface area contributed by atoms with E-state index in [1.54, 1.807) is 6.20 Å². The van der Waals surface area contributed by atoms with Crippen molar-refractivity contribution in [2.24, 2.45) is 0 Å². The summed E-state index contributed by atoms with van der Waals surface area (Å²) in [5, 5.41) is 5.83. The van der Waals surface area contributed by atoms with Crippen LogP contribution in [0.5, 0.6) is 5.75 Å². The van der Waals surface area contributed by atoms with Crippen molar-refractivity contribution in [1.82, 2.24) is 10.3 Å². The van der Waals surface area contributed by atoms with Crippen LogP contribution in [-0.2, 0) is 4.79 Å². The van der Waals surface area contributed by atoms with Crippen LogP contribution in [0.2, 0.25) is 0 Å². The van der Waals surface area contributed by atoms with Crippen molar-refractivity contribution in [2.45, 2.75) is 26.9 Å². The predicted octanol–water partition coefficient (Wildman–Crippen LogP) is 1.42. The molecule has 5 heteroatoms. The molecule has 0 fully saturated rings. The van der Waals surface area contributed by atoms with Gasteiger partial charge in [-0.3, -0.25) is 4.79 Å². The Morgan fingerprint density at radius 2 is 2.24 bits per heavy atom. The highest BCUT2D eigenvalue weighted by atomic mass is 16.5. The van der Waals surface area contributed by atoms with Crippen molar-refractivity contribution in [2.75, 3.05) is 18.4 Å². The number of nitrogens with one attached hydrogen (secondary N) is 2. The summed E-state index contributed by atoms with van der Waals surface area (Å²) in [6.07, 6.45) is 1.81. The molecular weight excluding hydrogens is 218 g/mol. The van der Waals surface area contributed by atoms with E-state index >= 15 is 0 Å². The number of aromatic nitrogens is 1. The summed E-state index contributed by atoms with van der Waals surface area (Å²) in [7, 11) is 0. The van der Waals surface area contributed by atoms with E-state index in [1.165, 1.54) is 6.92 Å². The van der Waals surface area contributed by atoms with E-state index < -0.39 is 0 Å².